The average Bonchev–Trinajstić information content (AvgIpc) is 3.46. The molecule has 0 aliphatic heterocycles. The number of aromatic amines is 1. The first-order valence-corrected chi connectivity index (χ1v) is 15.3. The van der Waals surface area contributed by atoms with E-state index in [-0.39, 0.29) is 18.7 Å². The smallest absolute Gasteiger partial charge is 0.304 e. The molecule has 8 heteroatoms. The molecule has 2 unspecified atom stereocenters. The number of nitrogens with one attached hydrogen (secondary N) is 3. The molecule has 0 saturated heterocycles. The number of carboxylic acids is 1. The molecule has 45 heavy (non-hydrogen) atoms. The van der Waals surface area contributed by atoms with Crippen molar-refractivity contribution in [1.82, 2.24) is 15.6 Å². The van der Waals surface area contributed by atoms with Crippen molar-refractivity contribution in [2.24, 2.45) is 5.92 Å². The van der Waals surface area contributed by atoms with E-state index in [2.05, 4.69) is 21.7 Å². The van der Waals surface area contributed by atoms with Gasteiger partial charge in [0, 0.05) is 36.0 Å². The van der Waals surface area contributed by atoms with Gasteiger partial charge in [-0.2, -0.15) is 0 Å². The zero-order chi connectivity index (χ0) is 31.6. The van der Waals surface area contributed by atoms with Gasteiger partial charge in [-0.3, -0.25) is 14.4 Å². The largest absolute Gasteiger partial charge is 0.497 e. The summed E-state index contributed by atoms with van der Waals surface area (Å²) in [5.41, 5.74) is 4.05. The molecular weight excluding hydrogens is 566 g/mol. The van der Waals surface area contributed by atoms with Crippen molar-refractivity contribution >= 4 is 39.5 Å². The van der Waals surface area contributed by atoms with Gasteiger partial charge in [-0.25, -0.2) is 0 Å². The van der Waals surface area contributed by atoms with E-state index >= 15 is 0 Å². The first kappa shape index (κ1) is 31.3. The van der Waals surface area contributed by atoms with Crippen molar-refractivity contribution in [3.05, 3.63) is 114 Å². The van der Waals surface area contributed by atoms with Gasteiger partial charge < -0.3 is 25.5 Å². The number of ether oxygens (including phenoxy) is 1. The van der Waals surface area contributed by atoms with E-state index in [1.807, 2.05) is 91.1 Å². The lowest BCUT2D eigenvalue weighted by atomic mass is 9.94. The molecule has 1 heterocycles. The normalized spacial score (nSPS) is 12.5. The van der Waals surface area contributed by atoms with Crippen LogP contribution in [0, 0.1) is 5.92 Å². The lowest BCUT2D eigenvalue weighted by Crippen LogP contribution is -2.50. The average molecular weight is 606 g/mol. The third kappa shape index (κ3) is 8.50. The Morgan fingerprint density at radius 3 is 2.40 bits per heavy atom. The summed E-state index contributed by atoms with van der Waals surface area (Å²) < 4.78 is 5.31. The topological polar surface area (TPSA) is 121 Å². The number of benzene rings is 4. The summed E-state index contributed by atoms with van der Waals surface area (Å²) in [5, 5.41) is 18.7. The number of para-hydroxylation sites is 1. The fraction of sp³-hybridized carbons (Fsp3) is 0.270. The molecule has 0 radical (unpaired) electrons. The number of H-pyrrole nitrogens is 1. The zero-order valence-electron chi connectivity index (χ0n) is 25.4. The monoisotopic (exact) mass is 605 g/mol. The Kier molecular flexibility index (Phi) is 10.5. The van der Waals surface area contributed by atoms with Gasteiger partial charge in [-0.1, -0.05) is 72.8 Å². The molecule has 0 spiro atoms. The van der Waals surface area contributed by atoms with Gasteiger partial charge in [-0.05, 0) is 71.3 Å². The van der Waals surface area contributed by atoms with E-state index in [0.29, 0.717) is 32.2 Å². The number of aliphatic carboxylic acids is 1. The van der Waals surface area contributed by atoms with Gasteiger partial charge in [0.2, 0.25) is 11.8 Å². The second-order valence-corrected chi connectivity index (χ2v) is 11.4. The number of fused-ring (bicyclic) bond motifs is 2. The Morgan fingerprint density at radius 2 is 1.60 bits per heavy atom. The van der Waals surface area contributed by atoms with Crippen molar-refractivity contribution in [2.75, 3.05) is 13.7 Å². The van der Waals surface area contributed by atoms with Crippen LogP contribution in [0.1, 0.15) is 36.0 Å². The molecule has 1 aromatic heterocycles. The molecular formula is C37H39N3O5. The summed E-state index contributed by atoms with van der Waals surface area (Å²) in [7, 11) is 1.64. The predicted octanol–water partition coefficient (Wildman–Crippen LogP) is 5.83. The van der Waals surface area contributed by atoms with Crippen LogP contribution < -0.4 is 15.4 Å². The Balaban J connectivity index is 1.26. The number of carbonyl (C=O) groups excluding carboxylic acids is 2. The third-order valence-electron chi connectivity index (χ3n) is 8.21. The SMILES string of the molecule is COc1ccc2cc(CCCC(CC(=O)O)C(=O)NC(Cc3c[nH]c4ccccc34)C(=O)NCCc3ccccc3)ccc2c1. The summed E-state index contributed by atoms with van der Waals surface area (Å²) >= 11 is 0. The molecule has 0 fully saturated rings. The molecule has 5 aromatic rings. The Morgan fingerprint density at radius 1 is 0.844 bits per heavy atom. The molecule has 0 saturated carbocycles. The van der Waals surface area contributed by atoms with E-state index in [1.165, 1.54) is 0 Å². The first-order chi connectivity index (χ1) is 21.9. The third-order valence-corrected chi connectivity index (χ3v) is 8.21. The van der Waals surface area contributed by atoms with Crippen LogP contribution in [0.25, 0.3) is 21.7 Å². The van der Waals surface area contributed by atoms with Crippen LogP contribution in [0.3, 0.4) is 0 Å². The molecule has 4 aromatic carbocycles. The second kappa shape index (κ2) is 15.1. The van der Waals surface area contributed by atoms with E-state index in [1.54, 1.807) is 7.11 Å². The summed E-state index contributed by atoms with van der Waals surface area (Å²) in [6.07, 6.45) is 4.19. The standard InChI is InChI=1S/C37H39N3O5/c1-45-31-17-16-27-20-26(14-15-28(27)21-31)10-7-11-29(23-35(41)42)36(43)40-34(22-30-24-39-33-13-6-5-12-32(30)33)37(44)38-19-18-25-8-3-2-4-9-25/h2-6,8-9,12-17,20-21,24,29,34,39H,7,10-11,18-19,22-23H2,1H3,(H,38,44)(H,40,43)(H,41,42). The minimum atomic E-state index is -1.05. The molecule has 0 aliphatic rings. The lowest BCUT2D eigenvalue weighted by Gasteiger charge is -2.22. The maximum atomic E-state index is 13.6. The minimum absolute atomic E-state index is 0.272. The fourth-order valence-electron chi connectivity index (χ4n) is 5.76. The van der Waals surface area contributed by atoms with Crippen molar-refractivity contribution in [1.29, 1.82) is 0 Å². The highest BCUT2D eigenvalue weighted by Gasteiger charge is 2.28. The number of carboxylic acid groups (broad SMARTS) is 1. The summed E-state index contributed by atoms with van der Waals surface area (Å²) in [6, 6.07) is 28.9. The van der Waals surface area contributed by atoms with Crippen molar-refractivity contribution < 1.29 is 24.2 Å². The number of hydrogen-bond donors (Lipinski definition) is 4. The number of hydrogen-bond acceptors (Lipinski definition) is 4. The molecule has 0 aliphatic carbocycles. The highest BCUT2D eigenvalue weighted by molar-refractivity contribution is 5.91. The molecule has 2 atom stereocenters. The van der Waals surface area contributed by atoms with Crippen molar-refractivity contribution in [3.63, 3.8) is 0 Å². The number of rotatable bonds is 15. The predicted molar refractivity (Wildman–Crippen MR) is 176 cm³/mol. The van der Waals surface area contributed by atoms with Gasteiger partial charge in [0.05, 0.1) is 13.5 Å². The van der Waals surface area contributed by atoms with Crippen LogP contribution in [0.4, 0.5) is 0 Å². The molecule has 8 nitrogen and oxygen atoms in total. The number of aryl methyl sites for hydroxylation is 1. The second-order valence-electron chi connectivity index (χ2n) is 11.4. The van der Waals surface area contributed by atoms with Gasteiger partial charge in [0.15, 0.2) is 0 Å². The van der Waals surface area contributed by atoms with Crippen molar-refractivity contribution in [3.8, 4) is 5.75 Å². The summed E-state index contributed by atoms with van der Waals surface area (Å²) in [5.74, 6) is -1.74. The van der Waals surface area contributed by atoms with E-state index < -0.39 is 23.8 Å². The molecule has 2 amide bonds. The number of methoxy groups -OCH3 is 1. The first-order valence-electron chi connectivity index (χ1n) is 15.3. The van der Waals surface area contributed by atoms with Crippen LogP contribution in [0.15, 0.2) is 97.2 Å². The van der Waals surface area contributed by atoms with Crippen LogP contribution in [-0.4, -0.2) is 47.6 Å². The maximum Gasteiger partial charge on any atom is 0.304 e. The number of amides is 2. The zero-order valence-corrected chi connectivity index (χ0v) is 25.4. The van der Waals surface area contributed by atoms with Gasteiger partial charge in [0.1, 0.15) is 11.8 Å². The summed E-state index contributed by atoms with van der Waals surface area (Å²) in [6.45, 7) is 0.417. The maximum absolute atomic E-state index is 13.6. The molecule has 5 rings (SSSR count). The van der Waals surface area contributed by atoms with Gasteiger partial charge in [0.25, 0.3) is 0 Å². The van der Waals surface area contributed by atoms with Gasteiger partial charge >= 0.3 is 5.97 Å². The summed E-state index contributed by atoms with van der Waals surface area (Å²) in [4.78, 5) is 42.0. The highest BCUT2D eigenvalue weighted by Crippen LogP contribution is 2.24. The fourth-order valence-corrected chi connectivity index (χ4v) is 5.76. The van der Waals surface area contributed by atoms with Crippen molar-refractivity contribution in [2.45, 2.75) is 44.6 Å². The number of aromatic nitrogens is 1. The van der Waals surface area contributed by atoms with E-state index in [9.17, 15) is 19.5 Å². The quantitative estimate of drug-likeness (QED) is 0.120. The van der Waals surface area contributed by atoms with Crippen LogP contribution in [-0.2, 0) is 33.6 Å². The minimum Gasteiger partial charge on any atom is -0.497 e. The van der Waals surface area contributed by atoms with Crippen LogP contribution >= 0.6 is 0 Å². The molecule has 0 bridgehead atoms. The van der Waals surface area contributed by atoms with Crippen LogP contribution in [0.5, 0.6) is 5.75 Å². The van der Waals surface area contributed by atoms with Crippen LogP contribution in [0.2, 0.25) is 0 Å². The Labute approximate surface area is 262 Å². The Hall–Kier alpha value is -5.11. The molecule has 232 valence electrons. The molecule has 4 N–H and O–H groups in total. The Bertz CT molecular complexity index is 1760. The lowest BCUT2D eigenvalue weighted by molar-refractivity contribution is -0.141. The van der Waals surface area contributed by atoms with Gasteiger partial charge in [-0.15, -0.1) is 0 Å². The highest BCUT2D eigenvalue weighted by atomic mass is 16.5. The van der Waals surface area contributed by atoms with E-state index in [0.717, 1.165) is 44.1 Å². The number of carbonyl (C=O) groups is 3. The van der Waals surface area contributed by atoms with E-state index in [4.69, 9.17) is 4.74 Å².